The minimum Gasteiger partial charge on any atom is -0.465 e. The molecule has 0 bridgehead atoms. The Morgan fingerprint density at radius 1 is 1.20 bits per heavy atom. The average molecular weight is 506 g/mol. The van der Waals surface area contributed by atoms with Crippen molar-refractivity contribution in [3.8, 4) is 11.5 Å². The first-order valence-electron chi connectivity index (χ1n) is 11.6. The topological polar surface area (TPSA) is 119 Å². The van der Waals surface area contributed by atoms with Crippen molar-refractivity contribution in [2.24, 2.45) is 5.41 Å². The molecule has 1 saturated heterocycles. The summed E-state index contributed by atoms with van der Waals surface area (Å²) in [5, 5.41) is 24.4. The van der Waals surface area contributed by atoms with Crippen molar-refractivity contribution in [1.29, 1.82) is 0 Å². The number of aliphatic hydroxyl groups excluding tert-OH is 1. The van der Waals surface area contributed by atoms with Crippen molar-refractivity contribution >= 4 is 26.0 Å². The number of β-amino-alcohol motifs (C(OH)–C–C–N with tert-alkyl or cyclic N) is 1. The van der Waals surface area contributed by atoms with Crippen LogP contribution < -0.4 is 10.6 Å². The number of likely N-dealkylation sites (tertiary alicyclic amines) is 1. The summed E-state index contributed by atoms with van der Waals surface area (Å²) in [5.74, 6) is 1.33. The van der Waals surface area contributed by atoms with Crippen LogP contribution in [0, 0.1) is 22.7 Å². The Morgan fingerprint density at radius 2 is 1.83 bits per heavy atom. The molecule has 4 atom stereocenters. The van der Waals surface area contributed by atoms with Gasteiger partial charge >= 0.3 is 6.09 Å². The molecule has 0 aliphatic carbocycles. The highest BCUT2D eigenvalue weighted by molar-refractivity contribution is 6.83. The fourth-order valence-corrected chi connectivity index (χ4v) is 4.30. The number of benzene rings is 1. The summed E-state index contributed by atoms with van der Waals surface area (Å²) in [6, 6.07) is 1.96. The quantitative estimate of drug-likeness (QED) is 0.362. The van der Waals surface area contributed by atoms with E-state index in [0.717, 1.165) is 0 Å². The normalized spacial score (nSPS) is 19.9. The Kier molecular flexibility index (Phi) is 8.73. The largest absolute Gasteiger partial charge is 0.465 e. The molecular weight excluding hydrogens is 469 g/mol. The first kappa shape index (κ1) is 28.3. The molecule has 192 valence electrons. The average Bonchev–Trinajstić information content (AvgIpc) is 3.10. The molecule has 0 radical (unpaired) electrons. The highest BCUT2D eigenvalue weighted by Crippen LogP contribution is 2.27. The summed E-state index contributed by atoms with van der Waals surface area (Å²) in [6.07, 6.45) is -2.25. The molecular formula is C25H36FN3O5Si. The molecule has 8 nitrogen and oxygen atoms in total. The summed E-state index contributed by atoms with van der Waals surface area (Å²) in [4.78, 5) is 38.8. The Balaban J connectivity index is 2.19. The van der Waals surface area contributed by atoms with E-state index in [4.69, 9.17) is 0 Å². The molecule has 0 aromatic heterocycles. The third-order valence-electron chi connectivity index (χ3n) is 5.67. The maximum atomic E-state index is 14.6. The predicted molar refractivity (Wildman–Crippen MR) is 134 cm³/mol. The Morgan fingerprint density at radius 3 is 2.34 bits per heavy atom. The highest BCUT2D eigenvalue weighted by Gasteiger charge is 2.44. The maximum absolute atomic E-state index is 14.6. The van der Waals surface area contributed by atoms with E-state index in [-0.39, 0.29) is 13.0 Å². The van der Waals surface area contributed by atoms with Gasteiger partial charge in [-0.15, -0.1) is 5.54 Å². The van der Waals surface area contributed by atoms with Gasteiger partial charge in [-0.3, -0.25) is 9.59 Å². The molecule has 1 aliphatic rings. The van der Waals surface area contributed by atoms with Crippen molar-refractivity contribution in [3.63, 3.8) is 0 Å². The Hall–Kier alpha value is -2.90. The van der Waals surface area contributed by atoms with Crippen LogP contribution in [0.4, 0.5) is 9.18 Å². The first-order valence-corrected chi connectivity index (χ1v) is 15.1. The standard InChI is InChI=1S/C25H36FN3O5Si/c1-15(17-9-8-16(19(26)12-17)10-11-35(5,6)7)27-22(31)20-13-18(30)14-29(20)23(32)21(25(2,3)4)28-24(33)34/h8-9,12,15,18,20-21,28,30H,13-14H2,1-7H3,(H,27,31)(H,33,34)/t15-,18+,20-,21+/m0/s1. The zero-order chi connectivity index (χ0) is 26.7. The summed E-state index contributed by atoms with van der Waals surface area (Å²) in [6.45, 7) is 12.9. The molecule has 4 N–H and O–H groups in total. The molecule has 1 heterocycles. The number of rotatable bonds is 5. The van der Waals surface area contributed by atoms with Gasteiger partial charge in [0.05, 0.1) is 17.7 Å². The molecule has 3 amide bonds. The number of hydrogen-bond donors (Lipinski definition) is 4. The molecule has 0 spiro atoms. The van der Waals surface area contributed by atoms with E-state index in [1.54, 1.807) is 39.8 Å². The maximum Gasteiger partial charge on any atom is 0.405 e. The van der Waals surface area contributed by atoms with Crippen LogP contribution in [0.25, 0.3) is 0 Å². The lowest BCUT2D eigenvalue weighted by Crippen LogP contribution is -2.57. The number of carbonyl (C=O) groups is 3. The third-order valence-corrected chi connectivity index (χ3v) is 6.54. The number of nitrogens with zero attached hydrogens (tertiary/aromatic N) is 1. The van der Waals surface area contributed by atoms with Crippen LogP contribution in [0.15, 0.2) is 18.2 Å². The Labute approximate surface area is 207 Å². The molecule has 10 heteroatoms. The van der Waals surface area contributed by atoms with Crippen molar-refractivity contribution in [1.82, 2.24) is 15.5 Å². The van der Waals surface area contributed by atoms with E-state index in [9.17, 15) is 29.0 Å². The van der Waals surface area contributed by atoms with Gasteiger partial charge in [0, 0.05) is 13.0 Å². The third kappa shape index (κ3) is 7.80. The van der Waals surface area contributed by atoms with E-state index >= 15 is 0 Å². The molecule has 0 saturated carbocycles. The number of amides is 3. The molecule has 1 aliphatic heterocycles. The van der Waals surface area contributed by atoms with Crippen LogP contribution in [0.1, 0.15) is 51.3 Å². The Bertz CT molecular complexity index is 1040. The minimum absolute atomic E-state index is 0.0216. The van der Waals surface area contributed by atoms with Crippen molar-refractivity contribution in [2.45, 2.75) is 78.0 Å². The van der Waals surface area contributed by atoms with E-state index in [0.29, 0.717) is 11.1 Å². The van der Waals surface area contributed by atoms with E-state index < -0.39 is 61.4 Å². The monoisotopic (exact) mass is 505 g/mol. The van der Waals surface area contributed by atoms with Gasteiger partial charge < -0.3 is 25.7 Å². The highest BCUT2D eigenvalue weighted by atomic mass is 28.3. The lowest BCUT2D eigenvalue weighted by molar-refractivity contribution is -0.142. The lowest BCUT2D eigenvalue weighted by atomic mass is 9.85. The van der Waals surface area contributed by atoms with E-state index in [1.807, 2.05) is 0 Å². The summed E-state index contributed by atoms with van der Waals surface area (Å²) in [5.41, 5.74) is 3.20. The lowest BCUT2D eigenvalue weighted by Gasteiger charge is -2.34. The van der Waals surface area contributed by atoms with Gasteiger partial charge in [-0.2, -0.15) is 0 Å². The van der Waals surface area contributed by atoms with Crippen LogP contribution in [0.3, 0.4) is 0 Å². The van der Waals surface area contributed by atoms with Crippen LogP contribution in [-0.2, 0) is 9.59 Å². The van der Waals surface area contributed by atoms with Crippen molar-refractivity contribution < 1.29 is 29.0 Å². The smallest absolute Gasteiger partial charge is 0.405 e. The zero-order valence-corrected chi connectivity index (χ0v) is 22.4. The molecule has 1 aromatic carbocycles. The second kappa shape index (κ2) is 10.8. The summed E-state index contributed by atoms with van der Waals surface area (Å²) in [7, 11) is -1.66. The zero-order valence-electron chi connectivity index (χ0n) is 21.4. The van der Waals surface area contributed by atoms with Gasteiger partial charge in [0.25, 0.3) is 0 Å². The second-order valence-electron chi connectivity index (χ2n) is 11.1. The number of nitrogens with one attached hydrogen (secondary N) is 2. The number of hydrogen-bond acceptors (Lipinski definition) is 4. The summed E-state index contributed by atoms with van der Waals surface area (Å²) < 4.78 is 14.6. The van der Waals surface area contributed by atoms with Gasteiger partial charge in [0.1, 0.15) is 26.0 Å². The SMILES string of the molecule is C[C@H](NC(=O)[C@@H]1C[C@@H](O)CN1C(=O)[C@@H](NC(=O)O)C(C)(C)C)c1ccc(C#C[Si](C)(C)C)c(F)c1. The molecule has 1 aromatic rings. The molecule has 1 fully saturated rings. The first-order chi connectivity index (χ1) is 16.0. The minimum atomic E-state index is -1.66. The second-order valence-corrected chi connectivity index (χ2v) is 15.9. The van der Waals surface area contributed by atoms with Gasteiger partial charge in [-0.05, 0) is 30.0 Å². The van der Waals surface area contributed by atoms with Crippen LogP contribution >= 0.6 is 0 Å². The number of aliphatic hydroxyl groups is 1. The number of halogens is 1. The predicted octanol–water partition coefficient (Wildman–Crippen LogP) is 2.88. The fraction of sp³-hybridized carbons (Fsp3) is 0.560. The van der Waals surface area contributed by atoms with Gasteiger partial charge in [-0.1, -0.05) is 52.4 Å². The number of carbonyl (C=O) groups excluding carboxylic acids is 2. The van der Waals surface area contributed by atoms with E-state index in [1.165, 1.54) is 11.0 Å². The van der Waals surface area contributed by atoms with Gasteiger partial charge in [0.15, 0.2) is 0 Å². The van der Waals surface area contributed by atoms with E-state index in [2.05, 4.69) is 41.7 Å². The van der Waals surface area contributed by atoms with Gasteiger partial charge in [-0.25, -0.2) is 9.18 Å². The molecule has 2 rings (SSSR count). The van der Waals surface area contributed by atoms with Crippen LogP contribution in [0.2, 0.25) is 19.6 Å². The van der Waals surface area contributed by atoms with Crippen LogP contribution in [-0.4, -0.2) is 65.8 Å². The van der Waals surface area contributed by atoms with Crippen molar-refractivity contribution in [3.05, 3.63) is 35.1 Å². The molecule has 35 heavy (non-hydrogen) atoms. The fourth-order valence-electron chi connectivity index (χ4n) is 3.79. The van der Waals surface area contributed by atoms with Gasteiger partial charge in [0.2, 0.25) is 11.8 Å². The summed E-state index contributed by atoms with van der Waals surface area (Å²) >= 11 is 0. The van der Waals surface area contributed by atoms with Crippen LogP contribution in [0.5, 0.6) is 0 Å². The number of carboxylic acid groups (broad SMARTS) is 1. The molecule has 0 unspecified atom stereocenters. The van der Waals surface area contributed by atoms with Crippen molar-refractivity contribution in [2.75, 3.05) is 6.54 Å².